The van der Waals surface area contributed by atoms with Gasteiger partial charge in [-0.3, -0.25) is 16.6 Å². The highest BCUT2D eigenvalue weighted by Crippen LogP contribution is 2.23. The number of aliphatic hydroxyl groups excluding tert-OH is 2. The summed E-state index contributed by atoms with van der Waals surface area (Å²) in [6.07, 6.45) is -0.541. The molecule has 2 N–H and O–H groups in total. The van der Waals surface area contributed by atoms with Crippen LogP contribution < -0.4 is 0 Å². The molecular weight excluding hydrogens is 504 g/mol. The zero-order chi connectivity index (χ0) is 30.1. The highest BCUT2D eigenvalue weighted by molar-refractivity contribution is 6.00. The molecule has 0 heterocycles. The molecule has 0 radical (unpaired) electrons. The summed E-state index contributed by atoms with van der Waals surface area (Å²) in [5.41, 5.74) is -2.80. The van der Waals surface area contributed by atoms with Gasteiger partial charge in [-0.1, -0.05) is 6.58 Å². The van der Waals surface area contributed by atoms with Gasteiger partial charge in [-0.05, 0) is 27.7 Å². The van der Waals surface area contributed by atoms with E-state index in [-0.39, 0.29) is 37.6 Å². The molecule has 0 aliphatic carbocycles. The van der Waals surface area contributed by atoms with E-state index in [0.29, 0.717) is 0 Å². The minimum Gasteiger partial charge on any atom is -0.763 e. The van der Waals surface area contributed by atoms with Crippen molar-refractivity contribution in [1.29, 1.82) is 5.26 Å². The van der Waals surface area contributed by atoms with E-state index in [9.17, 15) is 24.3 Å². The standard InChI is InChI=1S/C12H15N2O5.C6H8NO3.C6H7NO2/c1-4-18-10(16)9(7-13)6-12(8-15,14-3)11(17)19-5-2;1-2-10-6(9)5(3-7)4-8;1-3-9-6(8)5(2)4-7/h15H,4-6,8H2,1-2H3;8H,2,4H2,1H3;2-3H2,1H3/q2*-1;. The van der Waals surface area contributed by atoms with Gasteiger partial charge in [0.2, 0.25) is 0 Å². The second kappa shape index (κ2) is 22.9. The summed E-state index contributed by atoms with van der Waals surface area (Å²) in [4.78, 5) is 47.2. The van der Waals surface area contributed by atoms with Gasteiger partial charge in [0.15, 0.2) is 0 Å². The second-order valence-corrected chi connectivity index (χ2v) is 6.29. The largest absolute Gasteiger partial charge is 0.763 e. The first-order valence-corrected chi connectivity index (χ1v) is 10.9. The molecule has 208 valence electrons. The van der Waals surface area contributed by atoms with E-state index in [0.717, 1.165) is 0 Å². The summed E-state index contributed by atoms with van der Waals surface area (Å²) in [6, 6.07) is 1.58. The van der Waals surface area contributed by atoms with Crippen molar-refractivity contribution in [2.75, 3.05) is 39.6 Å². The molecule has 0 rings (SSSR count). The SMILES string of the molecule is C=C(C#N)C(=O)OCC.CCOC(=O)C(=C=[N-])CO.[C-]#[N+]C(CO)(CC(=C=[N-])C(=O)OCC)C(=O)OCC. The average Bonchev–Trinajstić information content (AvgIpc) is 2.91. The van der Waals surface area contributed by atoms with Crippen molar-refractivity contribution in [3.8, 4) is 6.07 Å². The van der Waals surface area contributed by atoms with Crippen LogP contribution >= 0.6 is 0 Å². The lowest BCUT2D eigenvalue weighted by atomic mass is 9.92. The molecule has 0 spiro atoms. The summed E-state index contributed by atoms with van der Waals surface area (Å²) in [7, 11) is 0. The Labute approximate surface area is 220 Å². The van der Waals surface area contributed by atoms with Crippen LogP contribution in [0.5, 0.6) is 0 Å². The minimum absolute atomic E-state index is 0.0252. The summed E-state index contributed by atoms with van der Waals surface area (Å²) >= 11 is 0. The third-order valence-corrected chi connectivity index (χ3v) is 3.73. The third kappa shape index (κ3) is 14.7. The molecule has 0 aliphatic rings. The monoisotopic (exact) mass is 534 g/mol. The van der Waals surface area contributed by atoms with Crippen LogP contribution in [0.25, 0.3) is 15.7 Å². The van der Waals surface area contributed by atoms with E-state index in [1.807, 2.05) is 0 Å². The van der Waals surface area contributed by atoms with E-state index < -0.39 is 54.6 Å². The van der Waals surface area contributed by atoms with Crippen LogP contribution in [-0.2, 0) is 38.1 Å². The lowest BCUT2D eigenvalue weighted by Crippen LogP contribution is -2.42. The molecule has 0 aromatic heterocycles. The number of carbonyl (C=O) groups is 4. The Hall–Kier alpha value is -4.58. The van der Waals surface area contributed by atoms with Gasteiger partial charge in [-0.25, -0.2) is 25.8 Å². The lowest BCUT2D eigenvalue weighted by Gasteiger charge is -2.18. The normalized spacial score (nSPS) is 10.2. The Balaban J connectivity index is -0.000000541. The molecule has 0 aliphatic heterocycles. The van der Waals surface area contributed by atoms with Gasteiger partial charge >= 0.3 is 29.4 Å². The zero-order valence-electron chi connectivity index (χ0n) is 21.6. The first-order valence-electron chi connectivity index (χ1n) is 10.9. The molecule has 1 unspecified atom stereocenters. The van der Waals surface area contributed by atoms with Gasteiger partial charge < -0.3 is 40.0 Å². The molecule has 0 saturated heterocycles. The predicted molar refractivity (Wildman–Crippen MR) is 133 cm³/mol. The van der Waals surface area contributed by atoms with Crippen molar-refractivity contribution >= 4 is 35.6 Å². The maximum absolute atomic E-state index is 11.7. The quantitative estimate of drug-likeness (QED) is 0.0884. The Morgan fingerprint density at radius 3 is 1.61 bits per heavy atom. The van der Waals surface area contributed by atoms with Crippen molar-refractivity contribution < 1.29 is 48.3 Å². The van der Waals surface area contributed by atoms with Crippen LogP contribution in [0.2, 0.25) is 0 Å². The number of hydrogen-bond donors (Lipinski definition) is 2. The highest BCUT2D eigenvalue weighted by atomic mass is 16.5. The molecule has 0 amide bonds. The molecule has 38 heavy (non-hydrogen) atoms. The maximum Gasteiger partial charge on any atom is 0.396 e. The average molecular weight is 535 g/mol. The topological polar surface area (TPSA) is 218 Å². The Bertz CT molecular complexity index is 1010. The van der Waals surface area contributed by atoms with Crippen LogP contribution in [0.1, 0.15) is 34.1 Å². The Kier molecular flexibility index (Phi) is 22.8. The first kappa shape index (κ1) is 38.0. The van der Waals surface area contributed by atoms with Crippen molar-refractivity contribution in [2.45, 2.75) is 39.7 Å². The molecule has 0 aromatic rings. The maximum atomic E-state index is 11.7. The van der Waals surface area contributed by atoms with Gasteiger partial charge in [0.05, 0.1) is 50.6 Å². The lowest BCUT2D eigenvalue weighted by molar-refractivity contribution is -0.149. The van der Waals surface area contributed by atoms with Crippen LogP contribution in [0.3, 0.4) is 0 Å². The highest BCUT2D eigenvalue weighted by Gasteiger charge is 2.48. The number of carbonyl (C=O) groups excluding carboxylic acids is 4. The molecule has 0 saturated carbocycles. The van der Waals surface area contributed by atoms with Crippen LogP contribution in [0.15, 0.2) is 23.3 Å². The predicted octanol–water partition coefficient (Wildman–Crippen LogP) is 0.655. The van der Waals surface area contributed by atoms with E-state index in [2.05, 4.69) is 30.4 Å². The third-order valence-electron chi connectivity index (χ3n) is 3.73. The fraction of sp³-hybridized carbons (Fsp3) is 0.500. The van der Waals surface area contributed by atoms with E-state index in [4.69, 9.17) is 27.8 Å². The summed E-state index contributed by atoms with van der Waals surface area (Å²) in [5.74, 6) is -0.141. The van der Waals surface area contributed by atoms with Crippen molar-refractivity contribution in [3.63, 3.8) is 0 Å². The molecule has 1 atom stereocenters. The fourth-order valence-electron chi connectivity index (χ4n) is 1.87. The molecular formula is C24H30N4O10-2. The summed E-state index contributed by atoms with van der Waals surface area (Å²) < 4.78 is 18.2. The Morgan fingerprint density at radius 2 is 1.29 bits per heavy atom. The van der Waals surface area contributed by atoms with Gasteiger partial charge in [0, 0.05) is 0 Å². The van der Waals surface area contributed by atoms with Crippen LogP contribution in [0.4, 0.5) is 0 Å². The van der Waals surface area contributed by atoms with Crippen molar-refractivity contribution in [2.24, 2.45) is 0 Å². The van der Waals surface area contributed by atoms with Gasteiger partial charge in [-0.15, -0.1) is 0 Å². The summed E-state index contributed by atoms with van der Waals surface area (Å²) in [6.45, 7) is 15.8. The number of ether oxygens (including phenoxy) is 4. The van der Waals surface area contributed by atoms with Crippen molar-refractivity contribution in [1.82, 2.24) is 0 Å². The molecule has 0 aromatic carbocycles. The number of esters is 4. The van der Waals surface area contributed by atoms with E-state index >= 15 is 0 Å². The van der Waals surface area contributed by atoms with Crippen molar-refractivity contribution in [3.05, 3.63) is 45.5 Å². The molecule has 14 nitrogen and oxygen atoms in total. The summed E-state index contributed by atoms with van der Waals surface area (Å²) in [5, 5.41) is 42.7. The van der Waals surface area contributed by atoms with E-state index in [1.54, 1.807) is 39.6 Å². The number of rotatable bonds is 12. The first-order chi connectivity index (χ1) is 18.0. The van der Waals surface area contributed by atoms with Crippen LogP contribution in [-0.4, -0.2) is 91.0 Å². The smallest absolute Gasteiger partial charge is 0.396 e. The number of hydrogen-bond acceptors (Lipinski definition) is 11. The zero-order valence-corrected chi connectivity index (χ0v) is 21.6. The Morgan fingerprint density at radius 1 is 0.868 bits per heavy atom. The number of aliphatic hydroxyl groups is 2. The number of nitriles is 1. The molecule has 0 bridgehead atoms. The fourth-order valence-corrected chi connectivity index (χ4v) is 1.87. The van der Waals surface area contributed by atoms with E-state index in [1.165, 1.54) is 5.87 Å². The molecule has 14 heteroatoms. The number of nitrogens with zero attached hydrogens (tertiary/aromatic N) is 4. The van der Waals surface area contributed by atoms with Crippen LogP contribution in [0, 0.1) is 17.9 Å². The minimum atomic E-state index is -1.98. The second-order valence-electron chi connectivity index (χ2n) is 6.29. The van der Waals surface area contributed by atoms with Gasteiger partial charge in [0.25, 0.3) is 0 Å². The molecule has 0 fully saturated rings. The van der Waals surface area contributed by atoms with Gasteiger partial charge in [-0.2, -0.15) is 5.26 Å². The van der Waals surface area contributed by atoms with Gasteiger partial charge in [0.1, 0.15) is 18.2 Å².